The summed E-state index contributed by atoms with van der Waals surface area (Å²) in [5.41, 5.74) is 3.03. The summed E-state index contributed by atoms with van der Waals surface area (Å²) in [7, 11) is -7.40. The third kappa shape index (κ3) is 8.63. The Labute approximate surface area is 334 Å². The molecule has 1 atom stereocenters. The van der Waals surface area contributed by atoms with Crippen LogP contribution in [-0.2, 0) is 30.1 Å². The van der Waals surface area contributed by atoms with Crippen molar-refractivity contribution in [3.8, 4) is 28.4 Å². The number of benzene rings is 6. The summed E-state index contributed by atoms with van der Waals surface area (Å²) in [4.78, 5) is 0.257. The zero-order valence-electron chi connectivity index (χ0n) is 31.0. The monoisotopic (exact) mass is 812 g/mol. The standard InChI is InChI=1S/C45H42Cl2O6S2/c1-5-44(4,34-12-24-40(25-13-34)54(48,49)42-28-16-36(46)17-29-42)53-39-20-10-33(11-21-39)32-8-18-37(19-9-32)52-38-22-30-43(31-23-38)55(50,51)41-26-14-35(15-27-41)45(47,6-2)7-3/h8-31H,5-7H2,1-4H3. The van der Waals surface area contributed by atoms with Gasteiger partial charge in [0.1, 0.15) is 22.8 Å². The summed E-state index contributed by atoms with van der Waals surface area (Å²) in [6.45, 7) is 8.05. The van der Waals surface area contributed by atoms with E-state index in [2.05, 4.69) is 0 Å². The van der Waals surface area contributed by atoms with E-state index >= 15 is 0 Å². The summed E-state index contributed by atoms with van der Waals surface area (Å²) in [6.07, 6.45) is 2.14. The highest BCUT2D eigenvalue weighted by Crippen LogP contribution is 2.38. The molecule has 0 saturated carbocycles. The average Bonchev–Trinajstić information content (AvgIpc) is 3.21. The molecule has 0 aliphatic carbocycles. The molecule has 6 rings (SSSR count). The molecule has 0 aromatic heterocycles. The second kappa shape index (κ2) is 16.2. The van der Waals surface area contributed by atoms with Crippen LogP contribution in [0.5, 0.6) is 17.2 Å². The quantitative estimate of drug-likeness (QED) is 0.102. The van der Waals surface area contributed by atoms with Gasteiger partial charge in [0.25, 0.3) is 0 Å². The number of hydrogen-bond acceptors (Lipinski definition) is 6. The fraction of sp³-hybridized carbons (Fsp3) is 0.200. The maximum absolute atomic E-state index is 13.3. The van der Waals surface area contributed by atoms with E-state index in [0.29, 0.717) is 28.7 Å². The highest BCUT2D eigenvalue weighted by atomic mass is 35.5. The van der Waals surface area contributed by atoms with E-state index in [4.69, 9.17) is 32.7 Å². The Kier molecular flexibility index (Phi) is 11.8. The van der Waals surface area contributed by atoms with E-state index in [1.54, 1.807) is 84.9 Å². The molecule has 0 fully saturated rings. The number of hydrogen-bond donors (Lipinski definition) is 0. The smallest absolute Gasteiger partial charge is 0.206 e. The lowest BCUT2D eigenvalue weighted by molar-refractivity contribution is 0.0825. The number of alkyl halides is 1. The first kappa shape index (κ1) is 40.1. The van der Waals surface area contributed by atoms with Crippen LogP contribution < -0.4 is 9.47 Å². The van der Waals surface area contributed by atoms with Crippen LogP contribution in [0.4, 0.5) is 0 Å². The molecule has 6 nitrogen and oxygen atoms in total. The maximum Gasteiger partial charge on any atom is 0.206 e. The van der Waals surface area contributed by atoms with Crippen LogP contribution in [-0.4, -0.2) is 16.8 Å². The molecule has 0 N–H and O–H groups in total. The van der Waals surface area contributed by atoms with Gasteiger partial charge in [0.2, 0.25) is 19.7 Å². The second-order valence-electron chi connectivity index (χ2n) is 13.5. The molecule has 55 heavy (non-hydrogen) atoms. The topological polar surface area (TPSA) is 86.7 Å². The minimum Gasteiger partial charge on any atom is -0.483 e. The molecular weight excluding hydrogens is 772 g/mol. The molecule has 284 valence electrons. The minimum absolute atomic E-state index is 0.177. The van der Waals surface area contributed by atoms with Crippen molar-refractivity contribution >= 4 is 42.9 Å². The fourth-order valence-electron chi connectivity index (χ4n) is 6.31. The van der Waals surface area contributed by atoms with Gasteiger partial charge in [-0.05, 0) is 146 Å². The summed E-state index contributed by atoms with van der Waals surface area (Å²) < 4.78 is 65.5. The molecule has 0 saturated heterocycles. The summed E-state index contributed by atoms with van der Waals surface area (Å²) in [5, 5.41) is 0.472. The number of halogens is 2. The Bertz CT molecular complexity index is 2450. The van der Waals surface area contributed by atoms with Crippen molar-refractivity contribution in [2.75, 3.05) is 0 Å². The van der Waals surface area contributed by atoms with Crippen LogP contribution in [0, 0.1) is 0 Å². The number of rotatable bonds is 14. The van der Waals surface area contributed by atoms with Gasteiger partial charge in [0.15, 0.2) is 0 Å². The minimum atomic E-state index is -3.72. The van der Waals surface area contributed by atoms with Crippen molar-refractivity contribution in [2.45, 2.75) is 77.0 Å². The molecule has 0 radical (unpaired) electrons. The van der Waals surface area contributed by atoms with Crippen LogP contribution in [0.1, 0.15) is 58.1 Å². The fourth-order valence-corrected chi connectivity index (χ4v) is 9.09. The number of ether oxygens (including phenoxy) is 2. The van der Waals surface area contributed by atoms with Gasteiger partial charge in [-0.25, -0.2) is 16.8 Å². The van der Waals surface area contributed by atoms with E-state index < -0.39 is 30.1 Å². The van der Waals surface area contributed by atoms with Gasteiger partial charge in [-0.1, -0.05) is 80.9 Å². The summed E-state index contributed by atoms with van der Waals surface area (Å²) in [6, 6.07) is 41.6. The Morgan fingerprint density at radius 3 is 1.22 bits per heavy atom. The highest BCUT2D eigenvalue weighted by molar-refractivity contribution is 7.91. The normalized spacial score (nSPS) is 13.2. The molecule has 10 heteroatoms. The van der Waals surface area contributed by atoms with Crippen LogP contribution in [0.25, 0.3) is 11.1 Å². The predicted octanol–water partition coefficient (Wildman–Crippen LogP) is 12.4. The predicted molar refractivity (Wildman–Crippen MR) is 220 cm³/mol. The molecule has 1 unspecified atom stereocenters. The Morgan fingerprint density at radius 1 is 0.473 bits per heavy atom. The zero-order chi connectivity index (χ0) is 39.4. The molecule has 6 aromatic carbocycles. The number of sulfone groups is 2. The van der Waals surface area contributed by atoms with Crippen molar-refractivity contribution in [3.05, 3.63) is 162 Å². The maximum atomic E-state index is 13.3. The van der Waals surface area contributed by atoms with Crippen molar-refractivity contribution in [1.29, 1.82) is 0 Å². The van der Waals surface area contributed by atoms with E-state index in [1.807, 2.05) is 76.2 Å². The lowest BCUT2D eigenvalue weighted by Gasteiger charge is -2.30. The molecule has 6 aromatic rings. The van der Waals surface area contributed by atoms with Gasteiger partial charge in [-0.15, -0.1) is 11.6 Å². The van der Waals surface area contributed by atoms with Crippen molar-refractivity contribution in [3.63, 3.8) is 0 Å². The molecular formula is C45H42Cl2O6S2. The second-order valence-corrected chi connectivity index (χ2v) is 18.5. The third-order valence-electron chi connectivity index (χ3n) is 10.1. The van der Waals surface area contributed by atoms with E-state index in [-0.39, 0.29) is 19.6 Å². The zero-order valence-corrected chi connectivity index (χ0v) is 34.1. The van der Waals surface area contributed by atoms with Crippen LogP contribution >= 0.6 is 23.2 Å². The molecule has 0 amide bonds. The third-order valence-corrected chi connectivity index (χ3v) is 14.7. The van der Waals surface area contributed by atoms with Crippen LogP contribution in [0.3, 0.4) is 0 Å². The first-order valence-electron chi connectivity index (χ1n) is 18.0. The first-order valence-corrected chi connectivity index (χ1v) is 21.8. The first-order chi connectivity index (χ1) is 26.2. The van der Waals surface area contributed by atoms with Crippen molar-refractivity contribution < 1.29 is 26.3 Å². The van der Waals surface area contributed by atoms with Gasteiger partial charge < -0.3 is 9.47 Å². The Hall–Kier alpha value is -4.60. The van der Waals surface area contributed by atoms with Gasteiger partial charge >= 0.3 is 0 Å². The molecule has 0 heterocycles. The summed E-state index contributed by atoms with van der Waals surface area (Å²) in [5.74, 6) is 1.80. The van der Waals surface area contributed by atoms with Gasteiger partial charge in [0.05, 0.1) is 24.5 Å². The largest absolute Gasteiger partial charge is 0.483 e. The van der Waals surface area contributed by atoms with Crippen LogP contribution in [0.15, 0.2) is 165 Å². The average molecular weight is 814 g/mol. The SMILES string of the molecule is CCC(Cl)(CC)c1ccc(S(=O)(=O)c2ccc(Oc3ccc(-c4ccc(OC(C)(CC)c5ccc(S(=O)(=O)c6ccc(Cl)cc6)cc5)cc4)cc3)cc2)cc1. The van der Waals surface area contributed by atoms with Gasteiger partial charge in [-0.3, -0.25) is 0 Å². The molecule has 0 aliphatic rings. The van der Waals surface area contributed by atoms with Crippen molar-refractivity contribution in [1.82, 2.24) is 0 Å². The molecule has 0 spiro atoms. The molecule has 0 aliphatic heterocycles. The Morgan fingerprint density at radius 2 is 0.818 bits per heavy atom. The Balaban J connectivity index is 1.08. The van der Waals surface area contributed by atoms with Gasteiger partial charge in [0, 0.05) is 5.02 Å². The van der Waals surface area contributed by atoms with Gasteiger partial charge in [-0.2, -0.15) is 0 Å². The van der Waals surface area contributed by atoms with Crippen molar-refractivity contribution in [2.24, 2.45) is 0 Å². The van der Waals surface area contributed by atoms with E-state index in [9.17, 15) is 16.8 Å². The lowest BCUT2D eigenvalue weighted by Crippen LogP contribution is -2.28. The van der Waals surface area contributed by atoms with E-state index in [0.717, 1.165) is 35.1 Å². The summed E-state index contributed by atoms with van der Waals surface area (Å²) >= 11 is 12.7. The lowest BCUT2D eigenvalue weighted by atomic mass is 9.93. The highest BCUT2D eigenvalue weighted by Gasteiger charge is 2.29. The molecule has 0 bridgehead atoms. The van der Waals surface area contributed by atoms with Crippen LogP contribution in [0.2, 0.25) is 5.02 Å². The van der Waals surface area contributed by atoms with E-state index in [1.165, 1.54) is 12.1 Å².